The number of aryl methyl sites for hydroxylation is 2. The van der Waals surface area contributed by atoms with Gasteiger partial charge >= 0.3 is 6.09 Å². The predicted molar refractivity (Wildman–Crippen MR) is 141 cm³/mol. The molecular formula is C29H35N3O4. The van der Waals surface area contributed by atoms with Gasteiger partial charge in [-0.1, -0.05) is 62.7 Å². The van der Waals surface area contributed by atoms with E-state index in [-0.39, 0.29) is 30.9 Å². The summed E-state index contributed by atoms with van der Waals surface area (Å²) in [4.78, 5) is 27.5. The fourth-order valence-electron chi connectivity index (χ4n) is 4.15. The number of aromatic nitrogens is 1. The molecule has 1 aromatic heterocycles. The molecule has 0 saturated carbocycles. The highest BCUT2D eigenvalue weighted by Gasteiger charge is 2.23. The second-order valence-corrected chi connectivity index (χ2v) is 10.3. The van der Waals surface area contributed by atoms with Crippen molar-refractivity contribution in [1.29, 1.82) is 0 Å². The van der Waals surface area contributed by atoms with Gasteiger partial charge in [-0.2, -0.15) is 0 Å². The summed E-state index contributed by atoms with van der Waals surface area (Å²) in [6.07, 6.45) is -0.206. The van der Waals surface area contributed by atoms with E-state index in [0.717, 1.165) is 44.8 Å². The van der Waals surface area contributed by atoms with Crippen LogP contribution >= 0.6 is 0 Å². The van der Waals surface area contributed by atoms with Gasteiger partial charge in [0.2, 0.25) is 5.91 Å². The molecule has 1 heterocycles. The topological polar surface area (TPSA) is 115 Å². The highest BCUT2D eigenvalue weighted by atomic mass is 16.5. The molecule has 0 radical (unpaired) electrons. The molecule has 0 aliphatic carbocycles. The van der Waals surface area contributed by atoms with Crippen molar-refractivity contribution in [1.82, 2.24) is 10.3 Å². The van der Waals surface area contributed by atoms with Crippen LogP contribution in [0.2, 0.25) is 0 Å². The SMILES string of the molecule is Cc1ccc(-c2c(COc3ccc(CC(N)=O)cc3)c(C)nc(CC(C)(C)C)c2CNC(=O)O)cc1. The molecule has 0 atom stereocenters. The number of hydrogen-bond donors (Lipinski definition) is 3. The predicted octanol–water partition coefficient (Wildman–Crippen LogP) is 5.33. The van der Waals surface area contributed by atoms with Crippen LogP contribution in [0.25, 0.3) is 11.1 Å². The second-order valence-electron chi connectivity index (χ2n) is 10.3. The average molecular weight is 490 g/mol. The Balaban J connectivity index is 2.08. The van der Waals surface area contributed by atoms with Crippen LogP contribution < -0.4 is 15.8 Å². The Morgan fingerprint density at radius 1 is 1.00 bits per heavy atom. The molecule has 190 valence electrons. The summed E-state index contributed by atoms with van der Waals surface area (Å²) in [6, 6.07) is 15.5. The van der Waals surface area contributed by atoms with Gasteiger partial charge in [-0.3, -0.25) is 9.78 Å². The minimum atomic E-state index is -1.08. The molecule has 0 aliphatic heterocycles. The van der Waals surface area contributed by atoms with Gasteiger partial charge in [0.25, 0.3) is 0 Å². The third-order valence-corrected chi connectivity index (χ3v) is 5.83. The standard InChI is InChI=1S/C29H35N3O4/c1-18-6-10-21(11-7-18)27-23(16-31-28(34)35)25(15-29(3,4)5)32-19(2)24(27)17-36-22-12-8-20(9-13-22)14-26(30)33/h6-13,31H,14-17H2,1-5H3,(H2,30,33)(H,34,35). The molecule has 0 saturated heterocycles. The van der Waals surface area contributed by atoms with Crippen molar-refractivity contribution in [3.8, 4) is 16.9 Å². The zero-order chi connectivity index (χ0) is 26.5. The van der Waals surface area contributed by atoms with Gasteiger partial charge in [0.05, 0.1) is 6.42 Å². The van der Waals surface area contributed by atoms with Crippen molar-refractivity contribution in [2.24, 2.45) is 11.1 Å². The zero-order valence-corrected chi connectivity index (χ0v) is 21.6. The van der Waals surface area contributed by atoms with E-state index in [9.17, 15) is 14.7 Å². The van der Waals surface area contributed by atoms with Crippen molar-refractivity contribution in [2.45, 2.75) is 60.6 Å². The summed E-state index contributed by atoms with van der Waals surface area (Å²) in [6.45, 7) is 10.8. The average Bonchev–Trinajstić information content (AvgIpc) is 2.77. The lowest BCUT2D eigenvalue weighted by molar-refractivity contribution is -0.117. The van der Waals surface area contributed by atoms with Crippen molar-refractivity contribution in [2.75, 3.05) is 0 Å². The molecule has 2 aromatic carbocycles. The van der Waals surface area contributed by atoms with Crippen molar-refractivity contribution in [3.05, 3.63) is 82.2 Å². The number of carbonyl (C=O) groups is 2. The van der Waals surface area contributed by atoms with Crippen LogP contribution in [0.3, 0.4) is 0 Å². The van der Waals surface area contributed by atoms with Crippen molar-refractivity contribution in [3.63, 3.8) is 0 Å². The summed E-state index contributed by atoms with van der Waals surface area (Å²) in [7, 11) is 0. The van der Waals surface area contributed by atoms with Gasteiger partial charge in [-0.15, -0.1) is 0 Å². The highest BCUT2D eigenvalue weighted by Crippen LogP contribution is 2.35. The Morgan fingerprint density at radius 2 is 1.64 bits per heavy atom. The maximum absolute atomic E-state index is 11.4. The van der Waals surface area contributed by atoms with Crippen LogP contribution in [0, 0.1) is 19.3 Å². The molecular weight excluding hydrogens is 454 g/mol. The Hall–Kier alpha value is -3.87. The van der Waals surface area contributed by atoms with Crippen LogP contribution in [0.15, 0.2) is 48.5 Å². The number of amides is 2. The number of rotatable bonds is 9. The molecule has 3 aromatic rings. The number of nitrogens with one attached hydrogen (secondary N) is 1. The van der Waals surface area contributed by atoms with Crippen LogP contribution in [-0.2, 0) is 30.8 Å². The molecule has 7 nitrogen and oxygen atoms in total. The molecule has 2 amide bonds. The first-order chi connectivity index (χ1) is 16.9. The molecule has 0 bridgehead atoms. The lowest BCUT2D eigenvalue weighted by Gasteiger charge is -2.25. The minimum absolute atomic E-state index is 0.0351. The maximum Gasteiger partial charge on any atom is 0.404 e. The van der Waals surface area contributed by atoms with Gasteiger partial charge in [0.15, 0.2) is 0 Å². The summed E-state index contributed by atoms with van der Waals surface area (Å²) in [5.74, 6) is 0.271. The van der Waals surface area contributed by atoms with Gasteiger partial charge in [0, 0.05) is 29.1 Å². The fraction of sp³-hybridized carbons (Fsp3) is 0.345. The lowest BCUT2D eigenvalue weighted by atomic mass is 9.85. The van der Waals surface area contributed by atoms with Gasteiger partial charge in [-0.05, 0) is 54.5 Å². The van der Waals surface area contributed by atoms with E-state index in [0.29, 0.717) is 12.2 Å². The molecule has 0 aliphatic rings. The molecule has 0 fully saturated rings. The second kappa shape index (κ2) is 11.2. The molecule has 0 unspecified atom stereocenters. The van der Waals surface area contributed by atoms with E-state index in [1.807, 2.05) is 50.2 Å². The Kier molecular flexibility index (Phi) is 8.35. The number of carboxylic acid groups (broad SMARTS) is 1. The van der Waals surface area contributed by atoms with Crippen LogP contribution in [0.5, 0.6) is 5.75 Å². The molecule has 36 heavy (non-hydrogen) atoms. The first-order valence-corrected chi connectivity index (χ1v) is 12.0. The number of benzene rings is 2. The fourth-order valence-corrected chi connectivity index (χ4v) is 4.15. The van der Waals surface area contributed by atoms with Crippen molar-refractivity contribution >= 4 is 12.0 Å². The largest absolute Gasteiger partial charge is 0.489 e. The number of nitrogens with zero attached hydrogens (tertiary/aromatic N) is 1. The quantitative estimate of drug-likeness (QED) is 0.376. The number of nitrogens with two attached hydrogens (primary N) is 1. The normalized spacial score (nSPS) is 11.2. The zero-order valence-electron chi connectivity index (χ0n) is 21.6. The third-order valence-electron chi connectivity index (χ3n) is 5.83. The number of hydrogen-bond acceptors (Lipinski definition) is 4. The number of ether oxygens (including phenoxy) is 1. The molecule has 0 spiro atoms. The maximum atomic E-state index is 11.4. The van der Waals surface area contributed by atoms with Crippen molar-refractivity contribution < 1.29 is 19.4 Å². The van der Waals surface area contributed by atoms with Crippen LogP contribution in [0.4, 0.5) is 4.79 Å². The molecule has 3 rings (SSSR count). The van der Waals surface area contributed by atoms with E-state index >= 15 is 0 Å². The first kappa shape index (κ1) is 26.7. The van der Waals surface area contributed by atoms with Gasteiger partial charge in [0.1, 0.15) is 12.4 Å². The van der Waals surface area contributed by atoms with Gasteiger partial charge < -0.3 is 20.9 Å². The number of primary amides is 1. The lowest BCUT2D eigenvalue weighted by Crippen LogP contribution is -2.24. The van der Waals surface area contributed by atoms with E-state index in [2.05, 4.69) is 38.2 Å². The van der Waals surface area contributed by atoms with E-state index < -0.39 is 6.09 Å². The highest BCUT2D eigenvalue weighted by molar-refractivity contribution is 5.76. The van der Waals surface area contributed by atoms with E-state index in [1.54, 1.807) is 0 Å². The monoisotopic (exact) mass is 489 g/mol. The van der Waals surface area contributed by atoms with Crippen LogP contribution in [0.1, 0.15) is 54.4 Å². The minimum Gasteiger partial charge on any atom is -0.489 e. The Labute approximate surface area is 212 Å². The summed E-state index contributed by atoms with van der Waals surface area (Å²) >= 11 is 0. The van der Waals surface area contributed by atoms with E-state index in [4.69, 9.17) is 15.5 Å². The summed E-state index contributed by atoms with van der Waals surface area (Å²) in [5, 5.41) is 11.9. The smallest absolute Gasteiger partial charge is 0.404 e. The van der Waals surface area contributed by atoms with E-state index in [1.165, 1.54) is 0 Å². The number of carbonyl (C=O) groups excluding carboxylic acids is 1. The summed E-state index contributed by atoms with van der Waals surface area (Å²) < 4.78 is 6.15. The molecule has 7 heteroatoms. The Bertz CT molecular complexity index is 1230. The third kappa shape index (κ3) is 7.31. The molecule has 4 N–H and O–H groups in total. The first-order valence-electron chi connectivity index (χ1n) is 12.0. The van der Waals surface area contributed by atoms with Gasteiger partial charge in [-0.25, -0.2) is 4.79 Å². The number of pyridine rings is 1. The Morgan fingerprint density at radius 3 is 2.19 bits per heavy atom. The summed E-state index contributed by atoms with van der Waals surface area (Å²) in [5.41, 5.74) is 12.6. The van der Waals surface area contributed by atoms with Crippen LogP contribution in [-0.4, -0.2) is 22.1 Å².